The number of rotatable bonds is 8. The second-order valence-corrected chi connectivity index (χ2v) is 8.81. The molecule has 1 aliphatic heterocycles. The fourth-order valence-electron chi connectivity index (χ4n) is 3.67. The molecule has 0 N–H and O–H groups in total. The fraction of sp³-hybridized carbons (Fsp3) is 0.269. The molecule has 0 spiro atoms. The fourth-order valence-corrected chi connectivity index (χ4v) is 4.36. The molecule has 0 bridgehead atoms. The van der Waals surface area contributed by atoms with E-state index in [-0.39, 0.29) is 24.0 Å². The first kappa shape index (κ1) is 24.3. The van der Waals surface area contributed by atoms with E-state index in [4.69, 9.17) is 14.2 Å². The largest absolute Gasteiger partial charge is 0.493 e. The molecule has 35 heavy (non-hydrogen) atoms. The van der Waals surface area contributed by atoms with Crippen molar-refractivity contribution in [1.29, 1.82) is 0 Å². The van der Waals surface area contributed by atoms with E-state index in [2.05, 4.69) is 0 Å². The second-order valence-electron chi connectivity index (χ2n) is 7.87. The number of benzene rings is 2. The molecule has 2 aromatic carbocycles. The Morgan fingerprint density at radius 1 is 0.886 bits per heavy atom. The highest BCUT2D eigenvalue weighted by atomic mass is 32.1. The number of hydrogen-bond donors (Lipinski definition) is 0. The predicted octanol–water partition coefficient (Wildman–Crippen LogP) is 3.48. The summed E-state index contributed by atoms with van der Waals surface area (Å²) in [5, 5.41) is 1.86. The van der Waals surface area contributed by atoms with Crippen molar-refractivity contribution in [1.82, 2.24) is 9.80 Å². The number of carbonyl (C=O) groups is 3. The van der Waals surface area contributed by atoms with Gasteiger partial charge in [-0.25, -0.2) is 4.79 Å². The summed E-state index contributed by atoms with van der Waals surface area (Å²) < 4.78 is 16.4. The quantitative estimate of drug-likeness (QED) is 0.446. The number of hydrogen-bond acceptors (Lipinski definition) is 7. The van der Waals surface area contributed by atoms with Crippen molar-refractivity contribution in [2.75, 3.05) is 39.9 Å². The normalized spacial score (nSPS) is 13.3. The number of thiophene rings is 1. The number of piperazine rings is 1. The zero-order valence-corrected chi connectivity index (χ0v) is 20.2. The number of ether oxygens (including phenoxy) is 3. The molecule has 0 aliphatic carbocycles. The molecule has 0 unspecified atom stereocenters. The van der Waals surface area contributed by atoms with Crippen LogP contribution in [0, 0.1) is 0 Å². The van der Waals surface area contributed by atoms with Crippen molar-refractivity contribution in [3.8, 4) is 11.5 Å². The number of esters is 1. The smallest absolute Gasteiger partial charge is 0.338 e. The third-order valence-electron chi connectivity index (χ3n) is 5.61. The lowest BCUT2D eigenvalue weighted by molar-refractivity contribution is -0.136. The van der Waals surface area contributed by atoms with Gasteiger partial charge < -0.3 is 24.0 Å². The zero-order valence-electron chi connectivity index (χ0n) is 19.3. The van der Waals surface area contributed by atoms with E-state index in [0.29, 0.717) is 49.2 Å². The number of carbonyl (C=O) groups excluding carboxylic acids is 3. The van der Waals surface area contributed by atoms with Gasteiger partial charge in [0.05, 0.1) is 17.6 Å². The van der Waals surface area contributed by atoms with Crippen molar-refractivity contribution < 1.29 is 28.6 Å². The molecular formula is C26H26N2O6S. The average Bonchev–Trinajstić information content (AvgIpc) is 3.45. The SMILES string of the molecule is COc1cc(C(=O)OCC(=O)N2CCN(C(=O)c3cccs3)CC2)ccc1OCc1ccccc1. The highest BCUT2D eigenvalue weighted by Crippen LogP contribution is 2.29. The van der Waals surface area contributed by atoms with Gasteiger partial charge in [0.2, 0.25) is 0 Å². The van der Waals surface area contributed by atoms with Crippen LogP contribution in [0.2, 0.25) is 0 Å². The molecule has 0 saturated carbocycles. The molecular weight excluding hydrogens is 468 g/mol. The van der Waals surface area contributed by atoms with E-state index >= 15 is 0 Å². The van der Waals surface area contributed by atoms with Crippen LogP contribution >= 0.6 is 11.3 Å². The molecule has 1 aliphatic rings. The van der Waals surface area contributed by atoms with Gasteiger partial charge in [-0.1, -0.05) is 36.4 Å². The van der Waals surface area contributed by atoms with Crippen LogP contribution in [0.4, 0.5) is 0 Å². The highest BCUT2D eigenvalue weighted by molar-refractivity contribution is 7.12. The maximum absolute atomic E-state index is 12.5. The Balaban J connectivity index is 1.26. The van der Waals surface area contributed by atoms with E-state index < -0.39 is 5.97 Å². The van der Waals surface area contributed by atoms with Crippen molar-refractivity contribution in [3.05, 3.63) is 82.0 Å². The minimum atomic E-state index is -0.627. The average molecular weight is 495 g/mol. The topological polar surface area (TPSA) is 85.4 Å². The van der Waals surface area contributed by atoms with Crippen LogP contribution in [0.25, 0.3) is 0 Å². The highest BCUT2D eigenvalue weighted by Gasteiger charge is 2.26. The molecule has 2 heterocycles. The van der Waals surface area contributed by atoms with Crippen LogP contribution in [-0.2, 0) is 16.1 Å². The molecule has 0 radical (unpaired) electrons. The number of nitrogens with zero attached hydrogens (tertiary/aromatic N) is 2. The van der Waals surface area contributed by atoms with Crippen LogP contribution in [0.15, 0.2) is 66.0 Å². The summed E-state index contributed by atoms with van der Waals surface area (Å²) in [7, 11) is 1.49. The van der Waals surface area contributed by atoms with Crippen LogP contribution in [-0.4, -0.2) is 67.5 Å². The lowest BCUT2D eigenvalue weighted by atomic mass is 10.2. The van der Waals surface area contributed by atoms with Gasteiger partial charge in [-0.3, -0.25) is 9.59 Å². The van der Waals surface area contributed by atoms with Crippen LogP contribution < -0.4 is 9.47 Å². The van der Waals surface area contributed by atoms with Crippen LogP contribution in [0.5, 0.6) is 11.5 Å². The Labute approximate surface area is 207 Å². The maximum Gasteiger partial charge on any atom is 0.338 e. The number of amides is 2. The monoisotopic (exact) mass is 494 g/mol. The summed E-state index contributed by atoms with van der Waals surface area (Å²) in [6.07, 6.45) is 0. The molecule has 2 amide bonds. The standard InChI is InChI=1S/C26H26N2O6S/c1-32-22-16-20(9-10-21(22)33-17-19-6-3-2-4-7-19)26(31)34-18-24(29)27-11-13-28(14-12-27)25(30)23-8-5-15-35-23/h2-10,15-16H,11-14,17-18H2,1H3. The lowest BCUT2D eigenvalue weighted by Gasteiger charge is -2.34. The van der Waals surface area contributed by atoms with Gasteiger partial charge in [-0.15, -0.1) is 11.3 Å². The summed E-state index contributed by atoms with van der Waals surface area (Å²) >= 11 is 1.40. The molecule has 1 aromatic heterocycles. The van der Waals surface area contributed by atoms with Gasteiger partial charge >= 0.3 is 5.97 Å². The Kier molecular flexibility index (Phi) is 7.99. The minimum Gasteiger partial charge on any atom is -0.493 e. The van der Waals surface area contributed by atoms with Crippen molar-refractivity contribution in [2.24, 2.45) is 0 Å². The minimum absolute atomic E-state index is 0.0244. The first-order chi connectivity index (χ1) is 17.0. The van der Waals surface area contributed by atoms with Crippen molar-refractivity contribution in [3.63, 3.8) is 0 Å². The number of methoxy groups -OCH3 is 1. The summed E-state index contributed by atoms with van der Waals surface area (Å²) in [6.45, 7) is 1.67. The van der Waals surface area contributed by atoms with E-state index in [1.807, 2.05) is 41.8 Å². The molecule has 8 nitrogen and oxygen atoms in total. The molecule has 1 fully saturated rings. The van der Waals surface area contributed by atoms with Gasteiger partial charge in [0.1, 0.15) is 6.61 Å². The Morgan fingerprint density at radius 2 is 1.63 bits per heavy atom. The van der Waals surface area contributed by atoms with E-state index in [0.717, 1.165) is 5.56 Å². The first-order valence-corrected chi connectivity index (χ1v) is 12.1. The van der Waals surface area contributed by atoms with Gasteiger partial charge in [0.25, 0.3) is 11.8 Å². The van der Waals surface area contributed by atoms with Crippen molar-refractivity contribution >= 4 is 29.1 Å². The third-order valence-corrected chi connectivity index (χ3v) is 6.47. The Morgan fingerprint density at radius 3 is 2.31 bits per heavy atom. The Bertz CT molecular complexity index is 1160. The second kappa shape index (κ2) is 11.5. The maximum atomic E-state index is 12.5. The third kappa shape index (κ3) is 6.19. The Hall–Kier alpha value is -3.85. The van der Waals surface area contributed by atoms with Gasteiger partial charge in [0.15, 0.2) is 18.1 Å². The first-order valence-electron chi connectivity index (χ1n) is 11.2. The van der Waals surface area contributed by atoms with E-state index in [1.54, 1.807) is 28.0 Å². The summed E-state index contributed by atoms with van der Waals surface area (Å²) in [5.74, 6) is -0.0510. The zero-order chi connectivity index (χ0) is 24.6. The van der Waals surface area contributed by atoms with Gasteiger partial charge in [-0.2, -0.15) is 0 Å². The van der Waals surface area contributed by atoms with Crippen LogP contribution in [0.3, 0.4) is 0 Å². The lowest BCUT2D eigenvalue weighted by Crippen LogP contribution is -2.51. The molecule has 4 rings (SSSR count). The van der Waals surface area contributed by atoms with Gasteiger partial charge in [-0.05, 0) is 35.2 Å². The molecule has 0 atom stereocenters. The van der Waals surface area contributed by atoms with E-state index in [9.17, 15) is 14.4 Å². The summed E-state index contributed by atoms with van der Waals surface area (Å²) in [6, 6.07) is 18.1. The summed E-state index contributed by atoms with van der Waals surface area (Å²) in [5.41, 5.74) is 1.27. The molecule has 182 valence electrons. The van der Waals surface area contributed by atoms with Crippen LogP contribution in [0.1, 0.15) is 25.6 Å². The molecule has 3 aromatic rings. The molecule has 1 saturated heterocycles. The van der Waals surface area contributed by atoms with E-state index in [1.165, 1.54) is 24.5 Å². The molecule has 9 heteroatoms. The summed E-state index contributed by atoms with van der Waals surface area (Å²) in [4.78, 5) is 41.5. The van der Waals surface area contributed by atoms with Crippen molar-refractivity contribution in [2.45, 2.75) is 6.61 Å². The predicted molar refractivity (Wildman–Crippen MR) is 131 cm³/mol. The van der Waals surface area contributed by atoms with Gasteiger partial charge in [0, 0.05) is 26.2 Å².